The highest BCUT2D eigenvalue weighted by Crippen LogP contribution is 2.14. The molecule has 0 aromatic heterocycles. The van der Waals surface area contributed by atoms with Crippen LogP contribution >= 0.6 is 11.8 Å². The molecule has 13 nitrogen and oxygen atoms in total. The van der Waals surface area contributed by atoms with Gasteiger partial charge in [-0.15, -0.1) is 0 Å². The Balaban J connectivity index is 3.00. The number of rotatable bonds is 19. The lowest BCUT2D eigenvalue weighted by Gasteiger charge is -2.32. The Labute approximate surface area is 303 Å². The molecule has 0 fully saturated rings. The maximum Gasteiger partial charge on any atom is 0.408 e. The predicted octanol–water partition coefficient (Wildman–Crippen LogP) is 3.65. The van der Waals surface area contributed by atoms with Crippen molar-refractivity contribution >= 4 is 41.6 Å². The normalized spacial score (nSPS) is 14.6. The number of aliphatic hydroxyl groups excluding tert-OH is 1. The maximum absolute atomic E-state index is 13.7. The monoisotopic (exact) mass is 722 g/mol. The summed E-state index contributed by atoms with van der Waals surface area (Å²) >= 11 is 1.51. The van der Waals surface area contributed by atoms with Crippen LogP contribution in [0.15, 0.2) is 30.3 Å². The van der Waals surface area contributed by atoms with E-state index < -0.39 is 59.8 Å². The zero-order chi connectivity index (χ0) is 38.2. The van der Waals surface area contributed by atoms with Crippen LogP contribution < -0.4 is 26.6 Å². The number of nitrogens with one attached hydrogen (secondary N) is 5. The summed E-state index contributed by atoms with van der Waals surface area (Å²) in [5.41, 5.74) is 0.178. The first-order valence-electron chi connectivity index (χ1n) is 17.4. The highest BCUT2D eigenvalue weighted by molar-refractivity contribution is 7.98. The number of nitrogens with zero attached hydrogens (tertiary/aromatic N) is 1. The first kappa shape index (κ1) is 44.5. The number of aliphatic hydroxyl groups is 1. The number of alkyl carbamates (subject to hydrolysis) is 1. The van der Waals surface area contributed by atoms with E-state index in [1.54, 1.807) is 34.6 Å². The van der Waals surface area contributed by atoms with Crippen LogP contribution in [0.25, 0.3) is 0 Å². The Bertz CT molecular complexity index is 1230. The summed E-state index contributed by atoms with van der Waals surface area (Å²) in [7, 11) is 1.51. The van der Waals surface area contributed by atoms with Gasteiger partial charge >= 0.3 is 12.1 Å². The Morgan fingerprint density at radius 1 is 0.840 bits per heavy atom. The first-order chi connectivity index (χ1) is 23.2. The number of carbonyl (C=O) groups is 5. The Morgan fingerprint density at radius 2 is 1.42 bits per heavy atom. The standard InChI is InChI=1S/C36H62N6O7S/c1-22(2)19-27(28(43)21-42(10)34(47)40-29(23(3)4)32(45)37-20-25-15-13-12-14-16-25)39-31(44)26(17-18-50-11)38-33(46)30(24(5)6)41-35(48)49-36(7,8)9/h12-16,22-24,26-30,43H,17-21H2,1-11H3,(H,37,45)(H,38,46)(H,39,44)(H,40,47)(H,41,48)/t26-,27-,28-,29-,30-/m0/s1. The van der Waals surface area contributed by atoms with Gasteiger partial charge in [-0.05, 0) is 68.9 Å². The van der Waals surface area contributed by atoms with Crippen molar-refractivity contribution in [1.29, 1.82) is 0 Å². The molecule has 0 radical (unpaired) electrons. The van der Waals surface area contributed by atoms with Gasteiger partial charge in [-0.3, -0.25) is 14.4 Å². The van der Waals surface area contributed by atoms with Gasteiger partial charge in [-0.1, -0.05) is 71.9 Å². The lowest BCUT2D eigenvalue weighted by molar-refractivity contribution is -0.131. The minimum Gasteiger partial charge on any atom is -0.444 e. The molecule has 0 aliphatic carbocycles. The zero-order valence-corrected chi connectivity index (χ0v) is 32.6. The van der Waals surface area contributed by atoms with Crippen LogP contribution in [0.1, 0.15) is 80.7 Å². The Hall–Kier alpha value is -3.52. The van der Waals surface area contributed by atoms with Gasteiger partial charge in [0, 0.05) is 20.1 Å². The summed E-state index contributed by atoms with van der Waals surface area (Å²) in [6.07, 6.45) is 0.705. The van der Waals surface area contributed by atoms with E-state index in [0.29, 0.717) is 25.1 Å². The maximum atomic E-state index is 13.7. The topological polar surface area (TPSA) is 178 Å². The van der Waals surface area contributed by atoms with Gasteiger partial charge in [0.15, 0.2) is 0 Å². The molecule has 1 aromatic carbocycles. The van der Waals surface area contributed by atoms with Crippen molar-refractivity contribution in [1.82, 2.24) is 31.5 Å². The fourth-order valence-electron chi connectivity index (χ4n) is 5.00. The second-order valence-corrected chi connectivity index (χ2v) is 15.8. The number of hydrogen-bond donors (Lipinski definition) is 6. The molecule has 0 unspecified atom stereocenters. The van der Waals surface area contributed by atoms with E-state index in [9.17, 15) is 29.1 Å². The summed E-state index contributed by atoms with van der Waals surface area (Å²) in [5, 5.41) is 25.3. The number of carbonyl (C=O) groups excluding carboxylic acids is 5. The number of ether oxygens (including phenoxy) is 1. The highest BCUT2D eigenvalue weighted by atomic mass is 32.2. The molecule has 0 aliphatic rings. The second-order valence-electron chi connectivity index (χ2n) is 14.8. The van der Waals surface area contributed by atoms with Crippen molar-refractivity contribution in [3.63, 3.8) is 0 Å². The minimum atomic E-state index is -1.16. The number of urea groups is 1. The van der Waals surface area contributed by atoms with Gasteiger partial charge in [-0.25, -0.2) is 9.59 Å². The molecule has 1 rings (SSSR count). The molecule has 0 bridgehead atoms. The number of benzene rings is 1. The van der Waals surface area contributed by atoms with Crippen LogP contribution in [-0.4, -0.2) is 101 Å². The van der Waals surface area contributed by atoms with Crippen LogP contribution in [0, 0.1) is 17.8 Å². The van der Waals surface area contributed by atoms with Gasteiger partial charge in [-0.2, -0.15) is 11.8 Å². The van der Waals surface area contributed by atoms with Crippen LogP contribution in [0.3, 0.4) is 0 Å². The second kappa shape index (κ2) is 21.6. The summed E-state index contributed by atoms with van der Waals surface area (Å²) in [6, 6.07) is 5.46. The van der Waals surface area contributed by atoms with Gasteiger partial charge in [0.1, 0.15) is 23.7 Å². The smallest absolute Gasteiger partial charge is 0.408 e. The van der Waals surface area contributed by atoms with E-state index in [1.807, 2.05) is 64.3 Å². The average molecular weight is 723 g/mol. The molecular weight excluding hydrogens is 660 g/mol. The van der Waals surface area contributed by atoms with Crippen molar-refractivity contribution in [2.45, 2.75) is 118 Å². The molecule has 0 spiro atoms. The molecule has 1 aromatic rings. The Morgan fingerprint density at radius 3 is 1.94 bits per heavy atom. The quantitative estimate of drug-likeness (QED) is 0.125. The van der Waals surface area contributed by atoms with E-state index in [2.05, 4.69) is 26.6 Å². The van der Waals surface area contributed by atoms with Gasteiger partial charge in [0.2, 0.25) is 17.7 Å². The molecule has 50 heavy (non-hydrogen) atoms. The SMILES string of the molecule is CSCC[C@H](NC(=O)[C@@H](NC(=O)OC(C)(C)C)C(C)C)C(=O)N[C@@H](CC(C)C)[C@@H](O)CN(C)C(=O)N[C@H](C(=O)NCc1ccccc1)C(C)C. The van der Waals surface area contributed by atoms with Crippen LogP contribution in [0.2, 0.25) is 0 Å². The zero-order valence-electron chi connectivity index (χ0n) is 31.8. The van der Waals surface area contributed by atoms with Crippen molar-refractivity contribution in [2.75, 3.05) is 25.6 Å². The molecule has 0 saturated carbocycles. The molecule has 0 heterocycles. The molecule has 6 amide bonds. The summed E-state index contributed by atoms with van der Waals surface area (Å²) in [6.45, 7) is 16.5. The van der Waals surface area contributed by atoms with Crippen LogP contribution in [-0.2, 0) is 25.7 Å². The van der Waals surface area contributed by atoms with E-state index >= 15 is 0 Å². The lowest BCUT2D eigenvalue weighted by atomic mass is 9.98. The van der Waals surface area contributed by atoms with E-state index in [4.69, 9.17) is 4.74 Å². The lowest BCUT2D eigenvalue weighted by Crippen LogP contribution is -2.59. The van der Waals surface area contributed by atoms with Crippen molar-refractivity contribution in [3.05, 3.63) is 35.9 Å². The molecule has 6 N–H and O–H groups in total. The fourth-order valence-corrected chi connectivity index (χ4v) is 5.47. The molecule has 0 saturated heterocycles. The van der Waals surface area contributed by atoms with E-state index in [0.717, 1.165) is 5.56 Å². The number of likely N-dealkylation sites (N-methyl/N-ethyl adjacent to an activating group) is 1. The number of thioether (sulfide) groups is 1. The van der Waals surface area contributed by atoms with Crippen molar-refractivity contribution in [3.8, 4) is 0 Å². The highest BCUT2D eigenvalue weighted by Gasteiger charge is 2.33. The Kier molecular flexibility index (Phi) is 19.3. The minimum absolute atomic E-state index is 0.0790. The first-order valence-corrected chi connectivity index (χ1v) is 18.8. The van der Waals surface area contributed by atoms with Crippen LogP contribution in [0.4, 0.5) is 9.59 Å². The molecule has 284 valence electrons. The molecular formula is C36H62N6O7S. The fraction of sp³-hybridized carbons (Fsp3) is 0.694. The van der Waals surface area contributed by atoms with E-state index in [1.165, 1.54) is 23.7 Å². The summed E-state index contributed by atoms with van der Waals surface area (Å²) < 4.78 is 5.33. The summed E-state index contributed by atoms with van der Waals surface area (Å²) in [4.78, 5) is 67.0. The molecule has 0 aliphatic heterocycles. The third-order valence-corrected chi connectivity index (χ3v) is 8.37. The van der Waals surface area contributed by atoms with Crippen molar-refractivity contribution in [2.24, 2.45) is 17.8 Å². The van der Waals surface area contributed by atoms with Crippen LogP contribution in [0.5, 0.6) is 0 Å². The van der Waals surface area contributed by atoms with E-state index in [-0.39, 0.29) is 30.2 Å². The summed E-state index contributed by atoms with van der Waals surface area (Å²) in [5.74, 6) is -1.19. The van der Waals surface area contributed by atoms with Gasteiger partial charge in [0.05, 0.1) is 12.1 Å². The predicted molar refractivity (Wildman–Crippen MR) is 198 cm³/mol. The largest absolute Gasteiger partial charge is 0.444 e. The molecule has 5 atom stereocenters. The third-order valence-electron chi connectivity index (χ3n) is 7.73. The average Bonchev–Trinajstić information content (AvgIpc) is 3.01. The van der Waals surface area contributed by atoms with Gasteiger partial charge in [0.25, 0.3) is 0 Å². The number of hydrogen-bond acceptors (Lipinski definition) is 8. The molecule has 14 heteroatoms. The van der Waals surface area contributed by atoms with Gasteiger partial charge < -0.3 is 41.3 Å². The third kappa shape index (κ3) is 16.9. The van der Waals surface area contributed by atoms with Crippen molar-refractivity contribution < 1.29 is 33.8 Å². The number of amides is 6.